The molecule has 0 aromatic carbocycles. The molecular formula is C14H21N3O4. The van der Waals surface area contributed by atoms with Crippen molar-refractivity contribution < 1.29 is 10.0 Å². The van der Waals surface area contributed by atoms with Gasteiger partial charge in [-0.3, -0.25) is 19.8 Å². The maximum atomic E-state index is 11.8. The van der Waals surface area contributed by atoms with Gasteiger partial charge in [0.2, 0.25) is 0 Å². The van der Waals surface area contributed by atoms with Crippen LogP contribution in [0.3, 0.4) is 0 Å². The number of rotatable bonds is 5. The van der Waals surface area contributed by atoms with Crippen LogP contribution >= 0.6 is 0 Å². The van der Waals surface area contributed by atoms with E-state index in [2.05, 4.69) is 11.8 Å². The van der Waals surface area contributed by atoms with E-state index in [9.17, 15) is 20.0 Å². The van der Waals surface area contributed by atoms with Crippen LogP contribution in [0.5, 0.6) is 0 Å². The molecule has 0 amide bonds. The highest BCUT2D eigenvalue weighted by Gasteiger charge is 2.24. The molecule has 1 saturated heterocycles. The van der Waals surface area contributed by atoms with Crippen molar-refractivity contribution in [3.8, 4) is 0 Å². The molecule has 2 atom stereocenters. The smallest absolute Gasteiger partial charge is 0.285 e. The van der Waals surface area contributed by atoms with Crippen molar-refractivity contribution in [3.05, 3.63) is 38.8 Å². The molecule has 1 N–H and O–H groups in total. The first-order valence-corrected chi connectivity index (χ1v) is 7.21. The Kier molecular flexibility index (Phi) is 5.08. The van der Waals surface area contributed by atoms with Gasteiger partial charge in [-0.25, -0.2) is 0 Å². The Morgan fingerprint density at radius 3 is 2.81 bits per heavy atom. The lowest BCUT2D eigenvalue weighted by molar-refractivity contribution is -0.385. The first-order chi connectivity index (χ1) is 10.0. The molecule has 116 valence electrons. The Morgan fingerprint density at radius 2 is 2.14 bits per heavy atom. The Hall–Kier alpha value is -1.73. The zero-order chi connectivity index (χ0) is 15.4. The van der Waals surface area contributed by atoms with E-state index in [0.717, 1.165) is 19.4 Å². The van der Waals surface area contributed by atoms with E-state index in [-0.39, 0.29) is 23.8 Å². The van der Waals surface area contributed by atoms with Gasteiger partial charge in [-0.1, -0.05) is 0 Å². The number of aliphatic hydroxyl groups is 1. The molecule has 0 radical (unpaired) electrons. The molecule has 1 aromatic rings. The zero-order valence-electron chi connectivity index (χ0n) is 12.1. The molecule has 1 aliphatic heterocycles. The molecule has 0 spiro atoms. The topological polar surface area (TPSA) is 88.6 Å². The summed E-state index contributed by atoms with van der Waals surface area (Å²) in [5.41, 5.74) is -0.307. The lowest BCUT2D eigenvalue weighted by Gasteiger charge is -2.37. The summed E-state index contributed by atoms with van der Waals surface area (Å²) in [7, 11) is 0. The van der Waals surface area contributed by atoms with Crippen molar-refractivity contribution in [3.63, 3.8) is 0 Å². The van der Waals surface area contributed by atoms with Gasteiger partial charge < -0.3 is 9.67 Å². The second-order valence-corrected chi connectivity index (χ2v) is 5.65. The fraction of sp³-hybridized carbons (Fsp3) is 0.643. The van der Waals surface area contributed by atoms with Crippen molar-refractivity contribution in [1.82, 2.24) is 9.47 Å². The molecule has 2 unspecified atom stereocenters. The summed E-state index contributed by atoms with van der Waals surface area (Å²) < 4.78 is 1.38. The minimum Gasteiger partial charge on any atom is -0.396 e. The van der Waals surface area contributed by atoms with Crippen LogP contribution in [0, 0.1) is 16.0 Å². The van der Waals surface area contributed by atoms with Crippen molar-refractivity contribution in [2.24, 2.45) is 5.92 Å². The Morgan fingerprint density at radius 1 is 1.38 bits per heavy atom. The molecule has 0 bridgehead atoms. The molecule has 21 heavy (non-hydrogen) atoms. The summed E-state index contributed by atoms with van der Waals surface area (Å²) >= 11 is 0. The second kappa shape index (κ2) is 6.82. The SMILES string of the molecule is CC1CCC(CO)CN1CCn1cc([N+](=O)[O-])ccc1=O. The maximum absolute atomic E-state index is 11.8. The van der Waals surface area contributed by atoms with Crippen molar-refractivity contribution >= 4 is 5.69 Å². The quantitative estimate of drug-likeness (QED) is 0.642. The van der Waals surface area contributed by atoms with Gasteiger partial charge >= 0.3 is 0 Å². The highest BCUT2D eigenvalue weighted by atomic mass is 16.6. The predicted molar refractivity (Wildman–Crippen MR) is 78.2 cm³/mol. The van der Waals surface area contributed by atoms with Crippen LogP contribution < -0.4 is 5.56 Å². The summed E-state index contributed by atoms with van der Waals surface area (Å²) in [6, 6.07) is 2.86. The first-order valence-electron chi connectivity index (χ1n) is 7.21. The molecule has 0 saturated carbocycles. The molecule has 1 aromatic heterocycles. The number of aromatic nitrogens is 1. The highest BCUT2D eigenvalue weighted by Crippen LogP contribution is 2.21. The largest absolute Gasteiger partial charge is 0.396 e. The number of pyridine rings is 1. The van der Waals surface area contributed by atoms with Crippen LogP contribution in [0.1, 0.15) is 19.8 Å². The van der Waals surface area contributed by atoms with E-state index in [1.165, 1.54) is 22.9 Å². The average Bonchev–Trinajstić information content (AvgIpc) is 2.47. The van der Waals surface area contributed by atoms with E-state index in [0.29, 0.717) is 19.1 Å². The monoisotopic (exact) mass is 295 g/mol. The van der Waals surface area contributed by atoms with Gasteiger partial charge in [0.25, 0.3) is 11.2 Å². The van der Waals surface area contributed by atoms with E-state index >= 15 is 0 Å². The number of nitro groups is 1. The lowest BCUT2D eigenvalue weighted by Crippen LogP contribution is -2.44. The summed E-state index contributed by atoms with van der Waals surface area (Å²) in [6.07, 6.45) is 3.33. The maximum Gasteiger partial charge on any atom is 0.285 e. The van der Waals surface area contributed by atoms with E-state index < -0.39 is 4.92 Å². The minimum atomic E-state index is -0.499. The lowest BCUT2D eigenvalue weighted by atomic mass is 9.94. The van der Waals surface area contributed by atoms with Gasteiger partial charge in [0.1, 0.15) is 0 Å². The molecule has 1 fully saturated rings. The summed E-state index contributed by atoms with van der Waals surface area (Å²) in [5, 5.41) is 20.0. The van der Waals surface area contributed by atoms with Crippen LogP contribution in [0.4, 0.5) is 5.69 Å². The van der Waals surface area contributed by atoms with Crippen molar-refractivity contribution in [2.75, 3.05) is 19.7 Å². The highest BCUT2D eigenvalue weighted by molar-refractivity contribution is 5.24. The molecule has 2 heterocycles. The first kappa shape index (κ1) is 15.7. The van der Waals surface area contributed by atoms with Crippen LogP contribution in [0.25, 0.3) is 0 Å². The summed E-state index contributed by atoms with van der Waals surface area (Å²) in [5.74, 6) is 0.281. The van der Waals surface area contributed by atoms with Crippen LogP contribution in [-0.4, -0.2) is 45.2 Å². The number of hydrogen-bond donors (Lipinski definition) is 1. The fourth-order valence-corrected chi connectivity index (χ4v) is 2.76. The third-order valence-electron chi connectivity index (χ3n) is 4.17. The molecular weight excluding hydrogens is 274 g/mol. The number of nitrogens with zero attached hydrogens (tertiary/aromatic N) is 3. The minimum absolute atomic E-state index is 0.0745. The average molecular weight is 295 g/mol. The Bertz CT molecular complexity index is 557. The normalized spacial score (nSPS) is 23.1. The third-order valence-corrected chi connectivity index (χ3v) is 4.17. The summed E-state index contributed by atoms with van der Waals surface area (Å²) in [6.45, 7) is 4.19. The number of piperidine rings is 1. The van der Waals surface area contributed by atoms with E-state index in [4.69, 9.17) is 0 Å². The molecule has 2 rings (SSSR count). The van der Waals surface area contributed by atoms with Gasteiger partial charge in [0.15, 0.2) is 0 Å². The van der Waals surface area contributed by atoms with Crippen LogP contribution in [0.2, 0.25) is 0 Å². The van der Waals surface area contributed by atoms with E-state index in [1.807, 2.05) is 0 Å². The fourth-order valence-electron chi connectivity index (χ4n) is 2.76. The number of hydrogen-bond acceptors (Lipinski definition) is 5. The van der Waals surface area contributed by atoms with Crippen LogP contribution in [0.15, 0.2) is 23.1 Å². The molecule has 7 heteroatoms. The Balaban J connectivity index is 2.03. The zero-order valence-corrected chi connectivity index (χ0v) is 12.1. The van der Waals surface area contributed by atoms with Gasteiger partial charge in [0, 0.05) is 44.4 Å². The summed E-state index contributed by atoms with van der Waals surface area (Å²) in [4.78, 5) is 24.2. The van der Waals surface area contributed by atoms with Crippen molar-refractivity contribution in [2.45, 2.75) is 32.4 Å². The Labute approximate surface area is 123 Å². The third kappa shape index (κ3) is 3.89. The molecule has 7 nitrogen and oxygen atoms in total. The standard InChI is InChI=1S/C14H21N3O4/c1-11-2-3-12(10-18)8-15(11)6-7-16-9-13(17(20)21)4-5-14(16)19/h4-5,9,11-12,18H,2-3,6-8,10H2,1H3. The molecule has 1 aliphatic rings. The second-order valence-electron chi connectivity index (χ2n) is 5.65. The number of likely N-dealkylation sites (tertiary alicyclic amines) is 1. The van der Waals surface area contributed by atoms with Crippen LogP contribution in [-0.2, 0) is 6.54 Å². The number of aliphatic hydroxyl groups excluding tert-OH is 1. The predicted octanol–water partition coefficient (Wildman–Crippen LogP) is 0.849. The van der Waals surface area contributed by atoms with Gasteiger partial charge in [0.05, 0.1) is 11.1 Å². The van der Waals surface area contributed by atoms with E-state index in [1.54, 1.807) is 0 Å². The van der Waals surface area contributed by atoms with Gasteiger partial charge in [-0.2, -0.15) is 0 Å². The van der Waals surface area contributed by atoms with Gasteiger partial charge in [-0.15, -0.1) is 0 Å². The molecule has 0 aliphatic carbocycles. The van der Waals surface area contributed by atoms with Crippen molar-refractivity contribution in [1.29, 1.82) is 0 Å². The van der Waals surface area contributed by atoms with Gasteiger partial charge in [-0.05, 0) is 25.7 Å².